The molecule has 24 heavy (non-hydrogen) atoms. The molecule has 2 aromatic heterocycles. The highest BCUT2D eigenvalue weighted by atomic mass is 32.1. The van der Waals surface area contributed by atoms with E-state index in [4.69, 9.17) is 5.73 Å². The number of amides is 1. The molecule has 0 saturated carbocycles. The Kier molecular flexibility index (Phi) is 4.35. The third-order valence-corrected chi connectivity index (χ3v) is 4.54. The fourth-order valence-electron chi connectivity index (χ4n) is 2.53. The van der Waals surface area contributed by atoms with Gasteiger partial charge in [-0.3, -0.25) is 4.79 Å². The number of primary amides is 1. The zero-order valence-corrected chi connectivity index (χ0v) is 14.0. The van der Waals surface area contributed by atoms with E-state index >= 15 is 0 Å². The quantitative estimate of drug-likeness (QED) is 0.788. The van der Waals surface area contributed by atoms with Crippen molar-refractivity contribution in [3.05, 3.63) is 52.7 Å². The van der Waals surface area contributed by atoms with Crippen molar-refractivity contribution in [3.8, 4) is 21.8 Å². The first-order valence-corrected chi connectivity index (χ1v) is 8.18. The van der Waals surface area contributed by atoms with Gasteiger partial charge in [0.05, 0.1) is 22.3 Å². The van der Waals surface area contributed by atoms with Crippen LogP contribution in [0, 0.1) is 12.7 Å². The molecule has 1 aromatic carbocycles. The minimum atomic E-state index is -0.533. The Balaban J connectivity index is 2.23. The van der Waals surface area contributed by atoms with Gasteiger partial charge in [-0.05, 0) is 31.0 Å². The largest absolute Gasteiger partial charge is 0.366 e. The normalized spacial score (nSPS) is 10.8. The van der Waals surface area contributed by atoms with Crippen molar-refractivity contribution in [2.24, 2.45) is 5.73 Å². The summed E-state index contributed by atoms with van der Waals surface area (Å²) in [6.07, 6.45) is 4.63. The lowest BCUT2D eigenvalue weighted by Crippen LogP contribution is -2.14. The summed E-state index contributed by atoms with van der Waals surface area (Å²) in [6.45, 7) is 3.90. The van der Waals surface area contributed by atoms with E-state index in [1.54, 1.807) is 12.3 Å². The third kappa shape index (κ3) is 3.03. The molecule has 0 aliphatic carbocycles. The van der Waals surface area contributed by atoms with Crippen molar-refractivity contribution < 1.29 is 9.18 Å². The highest BCUT2D eigenvalue weighted by Crippen LogP contribution is 2.35. The van der Waals surface area contributed by atoms with E-state index in [0.29, 0.717) is 23.4 Å². The Morgan fingerprint density at radius 1 is 1.21 bits per heavy atom. The summed E-state index contributed by atoms with van der Waals surface area (Å²) in [5.41, 5.74) is 8.35. The first kappa shape index (κ1) is 16.2. The first-order chi connectivity index (χ1) is 11.5. The minimum absolute atomic E-state index is 0.348. The molecule has 2 heterocycles. The summed E-state index contributed by atoms with van der Waals surface area (Å²) in [7, 11) is 0. The molecule has 0 unspecified atom stereocenters. The van der Waals surface area contributed by atoms with Crippen LogP contribution in [0.4, 0.5) is 4.39 Å². The lowest BCUT2D eigenvalue weighted by molar-refractivity contribution is 0.100. The van der Waals surface area contributed by atoms with Crippen LogP contribution in [-0.4, -0.2) is 20.9 Å². The molecule has 2 N–H and O–H groups in total. The second-order valence-corrected chi connectivity index (χ2v) is 6.48. The van der Waals surface area contributed by atoms with Crippen molar-refractivity contribution in [2.75, 3.05) is 0 Å². The smallest absolute Gasteiger partial charge is 0.249 e. The Labute approximate surface area is 142 Å². The maximum atomic E-state index is 13.0. The predicted molar refractivity (Wildman–Crippen MR) is 91.2 cm³/mol. The molecule has 0 bridgehead atoms. The van der Waals surface area contributed by atoms with E-state index in [-0.39, 0.29) is 0 Å². The zero-order valence-electron chi connectivity index (χ0n) is 13.2. The van der Waals surface area contributed by atoms with E-state index in [9.17, 15) is 9.18 Å². The van der Waals surface area contributed by atoms with Crippen molar-refractivity contribution >= 4 is 17.2 Å². The SMILES string of the molecule is CCc1cc(-c2ncc(F)cn2)cc(C(N)=O)c1-c1cnc(C)s1. The van der Waals surface area contributed by atoms with E-state index in [1.807, 2.05) is 19.9 Å². The molecule has 0 fully saturated rings. The number of carbonyl (C=O) groups is 1. The molecule has 3 aromatic rings. The van der Waals surface area contributed by atoms with Gasteiger partial charge < -0.3 is 5.73 Å². The zero-order chi connectivity index (χ0) is 17.3. The molecular formula is C17H15FN4OS. The van der Waals surface area contributed by atoms with Crippen LogP contribution < -0.4 is 5.73 Å². The summed E-state index contributed by atoms with van der Waals surface area (Å²) in [5, 5.41) is 0.911. The number of benzene rings is 1. The maximum Gasteiger partial charge on any atom is 0.249 e. The third-order valence-electron chi connectivity index (χ3n) is 3.61. The molecule has 122 valence electrons. The Hall–Kier alpha value is -2.67. The van der Waals surface area contributed by atoms with Crippen molar-refractivity contribution in [2.45, 2.75) is 20.3 Å². The second-order valence-electron chi connectivity index (χ2n) is 5.24. The summed E-state index contributed by atoms with van der Waals surface area (Å²) in [5.74, 6) is -0.698. The number of nitrogens with two attached hydrogens (primary N) is 1. The van der Waals surface area contributed by atoms with Gasteiger partial charge in [0, 0.05) is 22.9 Å². The van der Waals surface area contributed by atoms with Gasteiger partial charge >= 0.3 is 0 Å². The van der Waals surface area contributed by atoms with Gasteiger partial charge in [0.15, 0.2) is 11.6 Å². The van der Waals surface area contributed by atoms with Gasteiger partial charge in [-0.25, -0.2) is 19.3 Å². The summed E-state index contributed by atoms with van der Waals surface area (Å²) in [6, 6.07) is 3.56. The predicted octanol–water partition coefficient (Wildman–Crippen LogP) is 3.38. The Morgan fingerprint density at radius 3 is 2.46 bits per heavy atom. The van der Waals surface area contributed by atoms with E-state index in [0.717, 1.165) is 33.4 Å². The van der Waals surface area contributed by atoms with Crippen LogP contribution in [0.15, 0.2) is 30.7 Å². The monoisotopic (exact) mass is 342 g/mol. The Bertz CT molecular complexity index is 905. The molecular weight excluding hydrogens is 327 g/mol. The summed E-state index contributed by atoms with van der Waals surface area (Å²) < 4.78 is 13.0. The van der Waals surface area contributed by atoms with Crippen LogP contribution in [0.25, 0.3) is 21.8 Å². The maximum absolute atomic E-state index is 13.0. The lowest BCUT2D eigenvalue weighted by atomic mass is 9.94. The molecule has 7 heteroatoms. The summed E-state index contributed by atoms with van der Waals surface area (Å²) >= 11 is 1.51. The molecule has 1 amide bonds. The van der Waals surface area contributed by atoms with E-state index in [2.05, 4.69) is 15.0 Å². The number of aryl methyl sites for hydroxylation is 2. The number of carbonyl (C=O) groups excluding carboxylic acids is 1. The number of aromatic nitrogens is 3. The van der Waals surface area contributed by atoms with E-state index in [1.165, 1.54) is 11.3 Å². The number of rotatable bonds is 4. The average molecular weight is 342 g/mol. The van der Waals surface area contributed by atoms with Gasteiger partial charge in [0.25, 0.3) is 0 Å². The highest BCUT2D eigenvalue weighted by molar-refractivity contribution is 7.15. The molecule has 0 radical (unpaired) electrons. The number of hydrogen-bond acceptors (Lipinski definition) is 5. The molecule has 3 rings (SSSR count). The van der Waals surface area contributed by atoms with Gasteiger partial charge in [0.1, 0.15) is 0 Å². The number of thiazole rings is 1. The topological polar surface area (TPSA) is 81.8 Å². The highest BCUT2D eigenvalue weighted by Gasteiger charge is 2.19. The lowest BCUT2D eigenvalue weighted by Gasteiger charge is -2.13. The Morgan fingerprint density at radius 2 is 1.92 bits per heavy atom. The van der Waals surface area contributed by atoms with Crippen LogP contribution >= 0.6 is 11.3 Å². The average Bonchev–Trinajstić information content (AvgIpc) is 3.00. The van der Waals surface area contributed by atoms with Crippen molar-refractivity contribution in [3.63, 3.8) is 0 Å². The number of nitrogens with zero attached hydrogens (tertiary/aromatic N) is 3. The summed E-state index contributed by atoms with van der Waals surface area (Å²) in [4.78, 5) is 25.1. The molecule has 0 aliphatic rings. The van der Waals surface area contributed by atoms with Gasteiger partial charge in [0.2, 0.25) is 5.91 Å². The first-order valence-electron chi connectivity index (χ1n) is 7.37. The molecule has 5 nitrogen and oxygen atoms in total. The van der Waals surface area contributed by atoms with Crippen molar-refractivity contribution in [1.82, 2.24) is 15.0 Å². The van der Waals surface area contributed by atoms with Gasteiger partial charge in [-0.2, -0.15) is 0 Å². The van der Waals surface area contributed by atoms with Crippen molar-refractivity contribution in [1.29, 1.82) is 0 Å². The molecule has 0 saturated heterocycles. The number of hydrogen-bond donors (Lipinski definition) is 1. The van der Waals surface area contributed by atoms with Crippen LogP contribution in [0.3, 0.4) is 0 Å². The minimum Gasteiger partial charge on any atom is -0.366 e. The molecule has 0 spiro atoms. The van der Waals surface area contributed by atoms with Gasteiger partial charge in [-0.1, -0.05) is 6.92 Å². The fraction of sp³-hybridized carbons (Fsp3) is 0.176. The van der Waals surface area contributed by atoms with Crippen LogP contribution in [-0.2, 0) is 6.42 Å². The standard InChI is InChI=1S/C17H15FN4OS/c1-3-10-4-11(17-21-6-12(18)7-22-17)5-13(16(19)23)15(10)14-8-20-9(2)24-14/h4-8H,3H2,1-2H3,(H2,19,23). The second kappa shape index (κ2) is 6.45. The fourth-order valence-corrected chi connectivity index (χ4v) is 3.41. The van der Waals surface area contributed by atoms with Crippen LogP contribution in [0.2, 0.25) is 0 Å². The van der Waals surface area contributed by atoms with E-state index < -0.39 is 11.7 Å². The molecule has 0 aliphatic heterocycles. The van der Waals surface area contributed by atoms with Gasteiger partial charge in [-0.15, -0.1) is 11.3 Å². The number of halogens is 1. The van der Waals surface area contributed by atoms with Crippen LogP contribution in [0.5, 0.6) is 0 Å². The van der Waals surface area contributed by atoms with Crippen LogP contribution in [0.1, 0.15) is 27.9 Å². The molecule has 0 atom stereocenters.